The first-order valence-corrected chi connectivity index (χ1v) is 5.49. The first kappa shape index (κ1) is 11.9. The van der Waals surface area contributed by atoms with Crippen LogP contribution in [0, 0.1) is 0 Å². The van der Waals surface area contributed by atoms with Crippen LogP contribution in [0.25, 0.3) is 0 Å². The quantitative estimate of drug-likeness (QED) is 0.327. The van der Waals surface area contributed by atoms with Crippen molar-refractivity contribution in [1.29, 1.82) is 0 Å². The summed E-state index contributed by atoms with van der Waals surface area (Å²) in [5.74, 6) is -2.57. The molecule has 0 atom stereocenters. The molecule has 1 aromatic rings. The van der Waals surface area contributed by atoms with Crippen molar-refractivity contribution < 1.29 is 20.4 Å². The summed E-state index contributed by atoms with van der Waals surface area (Å²) in [7, 11) is 5.62. The van der Waals surface area contributed by atoms with Gasteiger partial charge in [-0.15, -0.1) is 0 Å². The van der Waals surface area contributed by atoms with Crippen LogP contribution in [-0.2, 0) is 6.54 Å². The van der Waals surface area contributed by atoms with Gasteiger partial charge in [-0.2, -0.15) is 0 Å². The van der Waals surface area contributed by atoms with Gasteiger partial charge in [0.2, 0.25) is 11.5 Å². The van der Waals surface area contributed by atoms with Gasteiger partial charge >= 0.3 is 0 Å². The molecule has 5 nitrogen and oxygen atoms in total. The Morgan fingerprint density at radius 3 is 2.00 bits per heavy atom. The van der Waals surface area contributed by atoms with Crippen molar-refractivity contribution in [2.75, 3.05) is 13.1 Å². The Morgan fingerprint density at radius 1 is 0.882 bits per heavy atom. The molecule has 0 saturated carbocycles. The van der Waals surface area contributed by atoms with Crippen molar-refractivity contribution in [3.05, 3.63) is 5.56 Å². The molecule has 0 aliphatic carbocycles. The van der Waals surface area contributed by atoms with Crippen LogP contribution in [0.5, 0.6) is 23.0 Å². The molecular weight excluding hydrogens is 221 g/mol. The molecule has 1 aromatic carbocycles. The zero-order chi connectivity index (χ0) is 12.6. The van der Waals surface area contributed by atoms with Crippen molar-refractivity contribution in [2.24, 2.45) is 0 Å². The van der Waals surface area contributed by atoms with Crippen LogP contribution >= 0.6 is 0 Å². The predicted molar refractivity (Wildman–Crippen MR) is 63.0 cm³/mol. The summed E-state index contributed by atoms with van der Waals surface area (Å²) in [4.78, 5) is 2.06. The zero-order valence-corrected chi connectivity index (χ0v) is 9.35. The van der Waals surface area contributed by atoms with E-state index in [9.17, 15) is 20.4 Å². The second-order valence-electron chi connectivity index (χ2n) is 4.27. The molecule has 2 radical (unpaired) electrons. The highest BCUT2D eigenvalue weighted by atomic mass is 16.3. The normalized spacial score (nSPS) is 16.5. The molecule has 1 saturated heterocycles. The van der Waals surface area contributed by atoms with Gasteiger partial charge in [0, 0.05) is 12.1 Å². The largest absolute Gasteiger partial charge is 0.505 e. The van der Waals surface area contributed by atoms with Gasteiger partial charge in [-0.3, -0.25) is 4.90 Å². The third-order valence-corrected chi connectivity index (χ3v) is 3.12. The van der Waals surface area contributed by atoms with Gasteiger partial charge in [0.15, 0.2) is 11.5 Å². The van der Waals surface area contributed by atoms with Gasteiger partial charge in [0.05, 0.1) is 0 Å². The van der Waals surface area contributed by atoms with Crippen LogP contribution in [0.4, 0.5) is 0 Å². The molecule has 0 spiro atoms. The van der Waals surface area contributed by atoms with E-state index in [-0.39, 0.29) is 11.0 Å². The van der Waals surface area contributed by atoms with E-state index in [1.807, 2.05) is 0 Å². The molecule has 0 amide bonds. The van der Waals surface area contributed by atoms with Crippen LogP contribution < -0.4 is 5.46 Å². The minimum absolute atomic E-state index is 0.0929. The van der Waals surface area contributed by atoms with Gasteiger partial charge < -0.3 is 20.4 Å². The summed E-state index contributed by atoms with van der Waals surface area (Å²) in [5, 5.41) is 37.9. The molecule has 90 valence electrons. The minimum atomic E-state index is -0.787. The standard InChI is InChI=1S/C11H14BNO4/c12-7-6(5-13-3-1-2-4-13)8(14)10(16)11(17)9(7)15/h14-17H,1-5H2. The Hall–Kier alpha value is -1.56. The molecule has 1 aliphatic rings. The second-order valence-corrected chi connectivity index (χ2v) is 4.27. The Balaban J connectivity index is 2.38. The maximum atomic E-state index is 9.72. The number of benzene rings is 1. The summed E-state index contributed by atoms with van der Waals surface area (Å²) in [6.45, 7) is 2.13. The zero-order valence-electron chi connectivity index (χ0n) is 9.35. The third-order valence-electron chi connectivity index (χ3n) is 3.12. The number of phenolic OH excluding ortho intramolecular Hbond substituents is 4. The number of aromatic hydroxyl groups is 4. The maximum Gasteiger partial charge on any atom is 0.204 e. The average Bonchev–Trinajstić information content (AvgIpc) is 2.82. The van der Waals surface area contributed by atoms with Gasteiger partial charge in [0.1, 0.15) is 7.85 Å². The van der Waals surface area contributed by atoms with Gasteiger partial charge in [0.25, 0.3) is 0 Å². The molecule has 2 rings (SSSR count). The van der Waals surface area contributed by atoms with Gasteiger partial charge in [-0.25, -0.2) is 0 Å². The lowest BCUT2D eigenvalue weighted by atomic mass is 9.87. The van der Waals surface area contributed by atoms with E-state index in [0.717, 1.165) is 25.9 Å². The Labute approximate surface area is 100 Å². The molecule has 4 N–H and O–H groups in total. The third kappa shape index (κ3) is 2.00. The van der Waals surface area contributed by atoms with E-state index >= 15 is 0 Å². The van der Waals surface area contributed by atoms with Gasteiger partial charge in [-0.05, 0) is 31.4 Å². The average molecular weight is 235 g/mol. The van der Waals surface area contributed by atoms with E-state index in [1.54, 1.807) is 0 Å². The highest BCUT2D eigenvalue weighted by Crippen LogP contribution is 2.42. The number of rotatable bonds is 2. The second kappa shape index (κ2) is 4.37. The predicted octanol–water partition coefficient (Wildman–Crippen LogP) is -0.101. The first-order chi connectivity index (χ1) is 8.02. The summed E-state index contributed by atoms with van der Waals surface area (Å²) >= 11 is 0. The highest BCUT2D eigenvalue weighted by Gasteiger charge is 2.22. The highest BCUT2D eigenvalue weighted by molar-refractivity contribution is 6.36. The summed E-state index contributed by atoms with van der Waals surface area (Å²) in [6, 6.07) is 0. The smallest absolute Gasteiger partial charge is 0.204 e. The van der Waals surface area contributed by atoms with Crippen LogP contribution in [0.15, 0.2) is 0 Å². The monoisotopic (exact) mass is 235 g/mol. The molecule has 6 heteroatoms. The van der Waals surface area contributed by atoms with Crippen molar-refractivity contribution >= 4 is 13.3 Å². The maximum absolute atomic E-state index is 9.72. The SMILES string of the molecule is [B]c1c(O)c(O)c(O)c(O)c1CN1CCCC1. The molecule has 17 heavy (non-hydrogen) atoms. The van der Waals surface area contributed by atoms with E-state index < -0.39 is 23.0 Å². The molecule has 1 fully saturated rings. The van der Waals surface area contributed by atoms with Crippen molar-refractivity contribution in [3.63, 3.8) is 0 Å². The summed E-state index contributed by atoms with van der Waals surface area (Å²) in [5.41, 5.74) is 0.157. The number of phenols is 4. The number of hydrogen-bond acceptors (Lipinski definition) is 5. The topological polar surface area (TPSA) is 84.2 Å². The van der Waals surface area contributed by atoms with E-state index in [4.69, 9.17) is 7.85 Å². The summed E-state index contributed by atoms with van der Waals surface area (Å²) < 4.78 is 0. The van der Waals surface area contributed by atoms with Crippen molar-refractivity contribution in [2.45, 2.75) is 19.4 Å². The van der Waals surface area contributed by atoms with E-state index in [0.29, 0.717) is 6.54 Å². The number of likely N-dealkylation sites (tertiary alicyclic amines) is 1. The van der Waals surface area contributed by atoms with Gasteiger partial charge in [-0.1, -0.05) is 0 Å². The minimum Gasteiger partial charge on any atom is -0.505 e. The first-order valence-electron chi connectivity index (χ1n) is 5.49. The fourth-order valence-electron chi connectivity index (χ4n) is 2.09. The van der Waals surface area contributed by atoms with Crippen LogP contribution in [-0.4, -0.2) is 46.3 Å². The Bertz CT molecular complexity index is 415. The molecule has 0 unspecified atom stereocenters. The lowest BCUT2D eigenvalue weighted by Crippen LogP contribution is -2.23. The lowest BCUT2D eigenvalue weighted by Gasteiger charge is -2.19. The van der Waals surface area contributed by atoms with Crippen molar-refractivity contribution in [1.82, 2.24) is 4.90 Å². The molecule has 0 bridgehead atoms. The number of nitrogens with zero attached hydrogens (tertiary/aromatic N) is 1. The Kier molecular flexibility index (Phi) is 3.06. The molecule has 1 heterocycles. The summed E-state index contributed by atoms with van der Waals surface area (Å²) in [6.07, 6.45) is 2.16. The van der Waals surface area contributed by atoms with Crippen LogP contribution in [0.2, 0.25) is 0 Å². The lowest BCUT2D eigenvalue weighted by molar-refractivity contribution is 0.313. The fraction of sp³-hybridized carbons (Fsp3) is 0.455. The van der Waals surface area contributed by atoms with Crippen LogP contribution in [0.3, 0.4) is 0 Å². The molecular formula is C11H14BNO4. The fourth-order valence-corrected chi connectivity index (χ4v) is 2.09. The molecule has 0 aromatic heterocycles. The number of hydrogen-bond donors (Lipinski definition) is 4. The van der Waals surface area contributed by atoms with Crippen molar-refractivity contribution in [3.8, 4) is 23.0 Å². The van der Waals surface area contributed by atoms with E-state index in [2.05, 4.69) is 4.90 Å². The van der Waals surface area contributed by atoms with Crippen LogP contribution in [0.1, 0.15) is 18.4 Å². The Morgan fingerprint density at radius 2 is 1.41 bits per heavy atom. The molecule has 1 aliphatic heterocycles. The van der Waals surface area contributed by atoms with E-state index in [1.165, 1.54) is 0 Å².